The largest absolute Gasteiger partial charge is 0.479 e. The Hall–Kier alpha value is -0.610. The van der Waals surface area contributed by atoms with E-state index in [9.17, 15) is 15.0 Å². The quantitative estimate of drug-likeness (QED) is 0.578. The molecular weight excluding hydrogens is 160 g/mol. The van der Waals surface area contributed by atoms with Crippen LogP contribution < -0.4 is 0 Å². The van der Waals surface area contributed by atoms with Crippen LogP contribution in [-0.4, -0.2) is 32.5 Å². The second kappa shape index (κ2) is 3.41. The van der Waals surface area contributed by atoms with Gasteiger partial charge in [0.15, 0.2) is 5.60 Å². The zero-order valence-electron chi connectivity index (χ0n) is 7.66. The number of hydrogen-bond donors (Lipinski definition) is 3. The van der Waals surface area contributed by atoms with E-state index < -0.39 is 17.2 Å². The topological polar surface area (TPSA) is 77.8 Å². The average molecular weight is 176 g/mol. The number of carboxylic acids is 1. The van der Waals surface area contributed by atoms with E-state index in [0.29, 0.717) is 0 Å². The molecule has 0 radical (unpaired) electrons. The summed E-state index contributed by atoms with van der Waals surface area (Å²) in [6, 6.07) is 0. The molecule has 4 heteroatoms. The Labute approximate surface area is 71.8 Å². The van der Waals surface area contributed by atoms with Crippen LogP contribution >= 0.6 is 0 Å². The van der Waals surface area contributed by atoms with Crippen molar-refractivity contribution in [1.29, 1.82) is 0 Å². The van der Waals surface area contributed by atoms with Crippen molar-refractivity contribution in [3.63, 3.8) is 0 Å². The molecule has 0 aliphatic heterocycles. The van der Waals surface area contributed by atoms with Crippen LogP contribution in [0.5, 0.6) is 0 Å². The van der Waals surface area contributed by atoms with Gasteiger partial charge in [0.25, 0.3) is 0 Å². The second-order valence-corrected chi connectivity index (χ2v) is 3.68. The van der Waals surface area contributed by atoms with E-state index in [1.807, 2.05) is 0 Å². The third-order valence-electron chi connectivity index (χ3n) is 1.71. The summed E-state index contributed by atoms with van der Waals surface area (Å²) in [5.41, 5.74) is -2.97. The van der Waals surface area contributed by atoms with Gasteiger partial charge in [-0.1, -0.05) is 6.92 Å². The van der Waals surface area contributed by atoms with Crippen molar-refractivity contribution < 1.29 is 20.1 Å². The summed E-state index contributed by atoms with van der Waals surface area (Å²) in [5.74, 6) is -1.29. The van der Waals surface area contributed by atoms with Gasteiger partial charge in [0, 0.05) is 6.42 Å². The van der Waals surface area contributed by atoms with Gasteiger partial charge >= 0.3 is 5.97 Å². The fourth-order valence-electron chi connectivity index (χ4n) is 1.07. The Morgan fingerprint density at radius 2 is 1.75 bits per heavy atom. The molecule has 72 valence electrons. The number of carbonyl (C=O) groups is 1. The highest BCUT2D eigenvalue weighted by Gasteiger charge is 2.38. The fourth-order valence-corrected chi connectivity index (χ4v) is 1.07. The molecule has 0 aliphatic carbocycles. The summed E-state index contributed by atoms with van der Waals surface area (Å²) in [7, 11) is 0. The van der Waals surface area contributed by atoms with Crippen LogP contribution in [0.2, 0.25) is 0 Å². The zero-order valence-corrected chi connectivity index (χ0v) is 7.66. The second-order valence-electron chi connectivity index (χ2n) is 3.68. The maximum Gasteiger partial charge on any atom is 0.335 e. The van der Waals surface area contributed by atoms with Crippen molar-refractivity contribution >= 4 is 5.97 Å². The van der Waals surface area contributed by atoms with Gasteiger partial charge < -0.3 is 15.3 Å². The predicted octanol–water partition coefficient (Wildman–Crippen LogP) is 0.373. The molecule has 0 heterocycles. The van der Waals surface area contributed by atoms with Gasteiger partial charge in [-0.25, -0.2) is 4.79 Å². The first kappa shape index (κ1) is 11.4. The highest BCUT2D eigenvalue weighted by molar-refractivity contribution is 5.77. The molecule has 1 atom stereocenters. The lowest BCUT2D eigenvalue weighted by molar-refractivity contribution is -0.165. The van der Waals surface area contributed by atoms with Crippen molar-refractivity contribution in [2.45, 2.75) is 44.8 Å². The molecule has 1 unspecified atom stereocenters. The average Bonchev–Trinajstić information content (AvgIpc) is 1.83. The minimum atomic E-state index is -1.81. The summed E-state index contributed by atoms with van der Waals surface area (Å²) in [5, 5.41) is 27.4. The molecule has 0 aromatic rings. The lowest BCUT2D eigenvalue weighted by Gasteiger charge is -2.28. The molecule has 0 aromatic heterocycles. The lowest BCUT2D eigenvalue weighted by atomic mass is 9.87. The van der Waals surface area contributed by atoms with E-state index >= 15 is 0 Å². The third-order valence-corrected chi connectivity index (χ3v) is 1.71. The Kier molecular flexibility index (Phi) is 3.24. The van der Waals surface area contributed by atoms with Crippen LogP contribution in [0, 0.1) is 0 Å². The number of aliphatic carboxylic acids is 1. The molecule has 0 fully saturated rings. The van der Waals surface area contributed by atoms with Crippen LogP contribution in [0.25, 0.3) is 0 Å². The van der Waals surface area contributed by atoms with Crippen molar-refractivity contribution in [1.82, 2.24) is 0 Å². The van der Waals surface area contributed by atoms with Gasteiger partial charge in [0.2, 0.25) is 0 Å². The van der Waals surface area contributed by atoms with E-state index in [2.05, 4.69) is 0 Å². The van der Waals surface area contributed by atoms with Gasteiger partial charge in [-0.15, -0.1) is 0 Å². The Balaban J connectivity index is 4.46. The highest BCUT2D eigenvalue weighted by atomic mass is 16.4. The van der Waals surface area contributed by atoms with Gasteiger partial charge in [-0.2, -0.15) is 0 Å². The van der Waals surface area contributed by atoms with Gasteiger partial charge in [-0.3, -0.25) is 0 Å². The fraction of sp³-hybridized carbons (Fsp3) is 0.875. The molecule has 3 N–H and O–H groups in total. The number of hydrogen-bond acceptors (Lipinski definition) is 3. The van der Waals surface area contributed by atoms with Gasteiger partial charge in [-0.05, 0) is 20.3 Å². The van der Waals surface area contributed by atoms with Crippen molar-refractivity contribution in [3.05, 3.63) is 0 Å². The minimum absolute atomic E-state index is 0.0896. The summed E-state index contributed by atoms with van der Waals surface area (Å²) >= 11 is 0. The molecule has 0 aliphatic rings. The summed E-state index contributed by atoms with van der Waals surface area (Å²) < 4.78 is 0. The van der Waals surface area contributed by atoms with Crippen molar-refractivity contribution in [2.24, 2.45) is 0 Å². The molecule has 0 rings (SSSR count). The number of carboxylic acid groups (broad SMARTS) is 1. The maximum absolute atomic E-state index is 10.6. The Morgan fingerprint density at radius 3 is 1.83 bits per heavy atom. The first-order valence-corrected chi connectivity index (χ1v) is 3.89. The third kappa shape index (κ3) is 3.19. The highest BCUT2D eigenvalue weighted by Crippen LogP contribution is 2.23. The van der Waals surface area contributed by atoms with Crippen LogP contribution in [0.3, 0.4) is 0 Å². The first-order chi connectivity index (χ1) is 5.21. The predicted molar refractivity (Wildman–Crippen MR) is 43.8 cm³/mol. The molecular formula is C8H16O4. The van der Waals surface area contributed by atoms with Crippen LogP contribution in [0.15, 0.2) is 0 Å². The van der Waals surface area contributed by atoms with Crippen molar-refractivity contribution in [2.75, 3.05) is 0 Å². The standard InChI is InChI=1S/C8H16O4/c1-4-8(12,6(9)10)5-7(2,3)11/h11-12H,4-5H2,1-3H3,(H,9,10). The van der Waals surface area contributed by atoms with Crippen LogP contribution in [-0.2, 0) is 4.79 Å². The zero-order chi connectivity index (χ0) is 9.99. The van der Waals surface area contributed by atoms with Crippen LogP contribution in [0.1, 0.15) is 33.6 Å². The molecule has 0 aromatic carbocycles. The van der Waals surface area contributed by atoms with Gasteiger partial charge in [0.05, 0.1) is 5.60 Å². The van der Waals surface area contributed by atoms with E-state index in [0.717, 1.165) is 0 Å². The van der Waals surface area contributed by atoms with E-state index in [1.165, 1.54) is 13.8 Å². The number of aliphatic hydroxyl groups is 2. The van der Waals surface area contributed by atoms with Crippen molar-refractivity contribution in [3.8, 4) is 0 Å². The van der Waals surface area contributed by atoms with E-state index in [-0.39, 0.29) is 12.8 Å². The van der Waals surface area contributed by atoms with Gasteiger partial charge in [0.1, 0.15) is 0 Å². The van der Waals surface area contributed by atoms with E-state index in [1.54, 1.807) is 6.92 Å². The maximum atomic E-state index is 10.6. The smallest absolute Gasteiger partial charge is 0.335 e. The molecule has 0 bridgehead atoms. The molecule has 0 amide bonds. The molecule has 4 nitrogen and oxygen atoms in total. The monoisotopic (exact) mass is 176 g/mol. The Bertz CT molecular complexity index is 170. The molecule has 12 heavy (non-hydrogen) atoms. The lowest BCUT2D eigenvalue weighted by Crippen LogP contribution is -2.44. The summed E-state index contributed by atoms with van der Waals surface area (Å²) in [6.45, 7) is 4.51. The Morgan fingerprint density at radius 1 is 1.33 bits per heavy atom. The minimum Gasteiger partial charge on any atom is -0.479 e. The summed E-state index contributed by atoms with van der Waals surface area (Å²) in [4.78, 5) is 10.6. The SMILES string of the molecule is CCC(O)(CC(C)(C)O)C(=O)O. The molecule has 0 spiro atoms. The number of rotatable bonds is 4. The normalized spacial score (nSPS) is 17.1. The van der Waals surface area contributed by atoms with Crippen LogP contribution in [0.4, 0.5) is 0 Å². The molecule has 0 saturated carbocycles. The first-order valence-electron chi connectivity index (χ1n) is 3.89. The molecule has 0 saturated heterocycles. The summed E-state index contributed by atoms with van der Waals surface area (Å²) in [6.07, 6.45) is -0.0713. The van der Waals surface area contributed by atoms with E-state index in [4.69, 9.17) is 5.11 Å².